The first-order valence-corrected chi connectivity index (χ1v) is 13.3. The molecule has 1 heteroatoms. The Balaban J connectivity index is 1.72. The molecule has 0 bridgehead atoms. The fourth-order valence-electron chi connectivity index (χ4n) is 4.25. The summed E-state index contributed by atoms with van der Waals surface area (Å²) in [5.41, 5.74) is 9.03. The highest BCUT2D eigenvalue weighted by Gasteiger charge is 2.12. The number of hydrogen-bond acceptors (Lipinski definition) is 1. The highest BCUT2D eigenvalue weighted by molar-refractivity contribution is 5.85. The summed E-state index contributed by atoms with van der Waals surface area (Å²) in [6, 6.07) is 38.1. The molecule has 4 aromatic carbocycles. The van der Waals surface area contributed by atoms with Crippen molar-refractivity contribution < 1.29 is 0 Å². The molecule has 0 N–H and O–H groups in total. The molecule has 0 aliphatic heterocycles. The van der Waals surface area contributed by atoms with Gasteiger partial charge < -0.3 is 4.90 Å². The summed E-state index contributed by atoms with van der Waals surface area (Å²) in [4.78, 5) is 2.26. The Labute approximate surface area is 233 Å². The molecule has 0 unspecified atom stereocenters. The van der Waals surface area contributed by atoms with Gasteiger partial charge in [0.05, 0.1) is 0 Å². The highest BCUT2D eigenvalue weighted by Crippen LogP contribution is 2.32. The van der Waals surface area contributed by atoms with Crippen LogP contribution in [0.15, 0.2) is 164 Å². The lowest BCUT2D eigenvalue weighted by Gasteiger charge is -2.24. The van der Waals surface area contributed by atoms with E-state index in [1.165, 1.54) is 11.1 Å². The molecular weight excluding hydrogens is 470 g/mol. The summed E-state index contributed by atoms with van der Waals surface area (Å²) in [6.45, 7) is 8.27. The van der Waals surface area contributed by atoms with E-state index >= 15 is 0 Å². The summed E-state index contributed by atoms with van der Waals surface area (Å²) in [5, 5.41) is 0. The molecule has 0 radical (unpaired) electrons. The van der Waals surface area contributed by atoms with Crippen molar-refractivity contribution >= 4 is 29.1 Å². The topological polar surface area (TPSA) is 3.24 Å². The first-order valence-electron chi connectivity index (χ1n) is 13.3. The molecule has 0 aliphatic carbocycles. The zero-order chi connectivity index (χ0) is 27.3. The van der Waals surface area contributed by atoms with E-state index in [-0.39, 0.29) is 0 Å². The molecule has 0 aliphatic rings. The molecule has 4 aromatic rings. The van der Waals surface area contributed by atoms with Crippen LogP contribution in [-0.2, 0) is 0 Å². The lowest BCUT2D eigenvalue weighted by atomic mass is 9.97. The third-order valence-corrected chi connectivity index (χ3v) is 6.28. The summed E-state index contributed by atoms with van der Waals surface area (Å²) in [5.74, 6) is 0. The minimum Gasteiger partial charge on any atom is -0.317 e. The smallest absolute Gasteiger partial charge is 0.0458 e. The molecule has 0 atom stereocenters. The summed E-state index contributed by atoms with van der Waals surface area (Å²) in [6.07, 6.45) is 18.7. The van der Waals surface area contributed by atoms with Crippen LogP contribution in [0.25, 0.3) is 17.7 Å². The van der Waals surface area contributed by atoms with Crippen molar-refractivity contribution in [1.82, 2.24) is 0 Å². The monoisotopic (exact) mass is 505 g/mol. The van der Waals surface area contributed by atoms with Crippen LogP contribution in [0, 0.1) is 6.92 Å². The Bertz CT molecular complexity index is 1500. The maximum absolute atomic E-state index is 4.12. The van der Waals surface area contributed by atoms with Crippen molar-refractivity contribution in [2.45, 2.75) is 13.8 Å². The van der Waals surface area contributed by atoms with Gasteiger partial charge in [-0.1, -0.05) is 140 Å². The molecule has 0 saturated heterocycles. The number of allylic oxidation sites excluding steroid dienone is 8. The van der Waals surface area contributed by atoms with E-state index in [9.17, 15) is 0 Å². The predicted octanol–water partition coefficient (Wildman–Crippen LogP) is 10.6. The van der Waals surface area contributed by atoms with Crippen LogP contribution in [-0.4, -0.2) is 0 Å². The number of hydrogen-bond donors (Lipinski definition) is 0. The Morgan fingerprint density at radius 1 is 0.667 bits per heavy atom. The number of aryl methyl sites for hydroxylation is 1. The molecule has 0 spiro atoms. The Morgan fingerprint density at radius 3 is 1.92 bits per heavy atom. The van der Waals surface area contributed by atoms with Gasteiger partial charge in [-0.3, -0.25) is 0 Å². The normalized spacial score (nSPS) is 12.5. The van der Waals surface area contributed by atoms with Crippen LogP contribution in [0.4, 0.5) is 11.4 Å². The average Bonchev–Trinajstić information content (AvgIpc) is 2.98. The summed E-state index contributed by atoms with van der Waals surface area (Å²) < 4.78 is 0. The highest BCUT2D eigenvalue weighted by atomic mass is 15.1. The molecule has 0 aromatic heterocycles. The molecule has 0 saturated carbocycles. The molecule has 0 fully saturated rings. The van der Waals surface area contributed by atoms with Gasteiger partial charge in [0.2, 0.25) is 0 Å². The molecule has 39 heavy (non-hydrogen) atoms. The third kappa shape index (κ3) is 7.80. The Hall–Kier alpha value is -4.88. The van der Waals surface area contributed by atoms with Crippen LogP contribution >= 0.6 is 0 Å². The standard InChI is InChI=1S/C38H35N/c1-4-6-21-34(5-2)38(35-22-11-8-12-23-35)30-39(37-24-15-16-31(3)29-37)36-27-25-33(26-28-36)20-14-13-19-32-17-9-7-10-18-32/h4-30H,2H2,1,3H3/b6-4-,19-13+,20-14+,34-21+,38-30+. The third-order valence-electron chi connectivity index (χ3n) is 6.28. The van der Waals surface area contributed by atoms with Crippen LogP contribution in [0.3, 0.4) is 0 Å². The molecule has 192 valence electrons. The first-order chi connectivity index (χ1) is 19.2. The number of nitrogens with zero attached hydrogens (tertiary/aromatic N) is 1. The van der Waals surface area contributed by atoms with E-state index in [1.54, 1.807) is 0 Å². The predicted molar refractivity (Wildman–Crippen MR) is 172 cm³/mol. The van der Waals surface area contributed by atoms with Crippen molar-refractivity contribution in [2.75, 3.05) is 4.90 Å². The lowest BCUT2D eigenvalue weighted by molar-refractivity contribution is 1.27. The Morgan fingerprint density at radius 2 is 1.31 bits per heavy atom. The maximum atomic E-state index is 4.12. The molecular formula is C38H35N. The molecule has 0 amide bonds. The van der Waals surface area contributed by atoms with Gasteiger partial charge in [0.25, 0.3) is 0 Å². The first kappa shape index (κ1) is 27.2. The number of rotatable bonds is 10. The van der Waals surface area contributed by atoms with E-state index in [4.69, 9.17) is 0 Å². The quantitative estimate of drug-likeness (QED) is 0.194. The SMILES string of the molecule is C=CC(=C\C=C/C)/C(=C\N(c1ccc(/C=C/C=C/c2ccccc2)cc1)c1cccc(C)c1)c1ccccc1. The lowest BCUT2D eigenvalue weighted by Crippen LogP contribution is -2.10. The van der Waals surface area contributed by atoms with E-state index in [0.29, 0.717) is 0 Å². The van der Waals surface area contributed by atoms with Gasteiger partial charge in [-0.05, 0) is 65.9 Å². The fourth-order valence-corrected chi connectivity index (χ4v) is 4.25. The van der Waals surface area contributed by atoms with E-state index in [0.717, 1.165) is 33.6 Å². The zero-order valence-electron chi connectivity index (χ0n) is 22.7. The summed E-state index contributed by atoms with van der Waals surface area (Å²) >= 11 is 0. The minimum absolute atomic E-state index is 1.06. The number of anilines is 2. The van der Waals surface area contributed by atoms with Crippen molar-refractivity contribution in [2.24, 2.45) is 0 Å². The van der Waals surface area contributed by atoms with Crippen molar-refractivity contribution in [3.8, 4) is 0 Å². The zero-order valence-corrected chi connectivity index (χ0v) is 22.7. The molecule has 4 rings (SSSR count). The molecule has 1 nitrogen and oxygen atoms in total. The second-order valence-electron chi connectivity index (χ2n) is 9.19. The fraction of sp³-hybridized carbons (Fsp3) is 0.0526. The molecule has 0 heterocycles. The van der Waals surface area contributed by atoms with Gasteiger partial charge in [-0.2, -0.15) is 0 Å². The Kier molecular flexibility index (Phi) is 9.86. The van der Waals surface area contributed by atoms with Crippen LogP contribution in [0.5, 0.6) is 0 Å². The van der Waals surface area contributed by atoms with Gasteiger partial charge in [0.15, 0.2) is 0 Å². The largest absolute Gasteiger partial charge is 0.317 e. The van der Waals surface area contributed by atoms with E-state index in [2.05, 4.69) is 146 Å². The van der Waals surface area contributed by atoms with Gasteiger partial charge in [-0.15, -0.1) is 0 Å². The van der Waals surface area contributed by atoms with Crippen LogP contribution < -0.4 is 4.90 Å². The van der Waals surface area contributed by atoms with Crippen molar-refractivity contribution in [3.05, 3.63) is 186 Å². The van der Waals surface area contributed by atoms with Gasteiger partial charge in [0.1, 0.15) is 0 Å². The van der Waals surface area contributed by atoms with E-state index in [1.807, 2.05) is 43.3 Å². The van der Waals surface area contributed by atoms with Crippen LogP contribution in [0.2, 0.25) is 0 Å². The van der Waals surface area contributed by atoms with Crippen molar-refractivity contribution in [3.63, 3.8) is 0 Å². The summed E-state index contributed by atoms with van der Waals surface area (Å²) in [7, 11) is 0. The van der Waals surface area contributed by atoms with Crippen LogP contribution in [0.1, 0.15) is 29.2 Å². The average molecular weight is 506 g/mol. The second-order valence-corrected chi connectivity index (χ2v) is 9.19. The second kappa shape index (κ2) is 14.2. The van der Waals surface area contributed by atoms with E-state index < -0.39 is 0 Å². The number of benzene rings is 4. The van der Waals surface area contributed by atoms with Gasteiger partial charge in [-0.25, -0.2) is 0 Å². The van der Waals surface area contributed by atoms with Gasteiger partial charge >= 0.3 is 0 Å². The minimum atomic E-state index is 1.06. The maximum Gasteiger partial charge on any atom is 0.0458 e. The van der Waals surface area contributed by atoms with Gasteiger partial charge in [0, 0.05) is 23.1 Å². The van der Waals surface area contributed by atoms with Crippen molar-refractivity contribution in [1.29, 1.82) is 0 Å².